The Labute approximate surface area is 131 Å². The molecule has 21 heavy (non-hydrogen) atoms. The number of benzene rings is 1. The van der Waals surface area contributed by atoms with Crippen LogP contribution in [0, 0.1) is 24.2 Å². The van der Waals surface area contributed by atoms with E-state index in [1.807, 2.05) is 0 Å². The van der Waals surface area contributed by atoms with Crippen molar-refractivity contribution >= 4 is 0 Å². The Morgan fingerprint density at radius 2 is 1.76 bits per heavy atom. The topological polar surface area (TPSA) is 12.0 Å². The maximum absolute atomic E-state index is 3.58. The largest absolute Gasteiger partial charge is 0.317 e. The second-order valence-corrected chi connectivity index (χ2v) is 7.96. The van der Waals surface area contributed by atoms with E-state index >= 15 is 0 Å². The van der Waals surface area contributed by atoms with Gasteiger partial charge in [-0.25, -0.2) is 0 Å². The molecule has 3 atom stereocenters. The highest BCUT2D eigenvalue weighted by molar-refractivity contribution is 5.26. The van der Waals surface area contributed by atoms with Crippen molar-refractivity contribution in [2.75, 3.05) is 13.1 Å². The highest BCUT2D eigenvalue weighted by atomic mass is 14.8. The van der Waals surface area contributed by atoms with Crippen LogP contribution in [-0.2, 0) is 0 Å². The fourth-order valence-corrected chi connectivity index (χ4v) is 3.82. The molecule has 1 fully saturated rings. The summed E-state index contributed by atoms with van der Waals surface area (Å²) in [4.78, 5) is 0. The lowest BCUT2D eigenvalue weighted by molar-refractivity contribution is 0.129. The molecule has 0 bridgehead atoms. The highest BCUT2D eigenvalue weighted by Crippen LogP contribution is 2.46. The van der Waals surface area contributed by atoms with Gasteiger partial charge in [-0.15, -0.1) is 0 Å². The van der Waals surface area contributed by atoms with Gasteiger partial charge < -0.3 is 5.32 Å². The van der Waals surface area contributed by atoms with Gasteiger partial charge in [0.1, 0.15) is 0 Å². The summed E-state index contributed by atoms with van der Waals surface area (Å²) in [5.41, 5.74) is 3.36. The molecule has 0 heterocycles. The average molecular weight is 287 g/mol. The van der Waals surface area contributed by atoms with Gasteiger partial charge in [-0.1, -0.05) is 57.5 Å². The summed E-state index contributed by atoms with van der Waals surface area (Å²) >= 11 is 0. The molecule has 1 heteroatoms. The molecule has 1 aliphatic carbocycles. The van der Waals surface area contributed by atoms with Crippen LogP contribution in [-0.4, -0.2) is 13.1 Å². The van der Waals surface area contributed by atoms with E-state index in [4.69, 9.17) is 0 Å². The van der Waals surface area contributed by atoms with Gasteiger partial charge in [-0.3, -0.25) is 0 Å². The van der Waals surface area contributed by atoms with Crippen LogP contribution in [0.1, 0.15) is 64.0 Å². The number of hydrogen-bond acceptors (Lipinski definition) is 1. The van der Waals surface area contributed by atoms with Crippen LogP contribution in [0.5, 0.6) is 0 Å². The Balaban J connectivity index is 2.18. The van der Waals surface area contributed by atoms with E-state index < -0.39 is 0 Å². The molecule has 1 N–H and O–H groups in total. The molecule has 1 aliphatic rings. The molecule has 0 amide bonds. The third-order valence-electron chi connectivity index (χ3n) is 5.38. The van der Waals surface area contributed by atoms with Gasteiger partial charge in [0.05, 0.1) is 0 Å². The Hall–Kier alpha value is -0.820. The predicted molar refractivity (Wildman–Crippen MR) is 92.7 cm³/mol. The summed E-state index contributed by atoms with van der Waals surface area (Å²) in [6, 6.07) is 9.29. The molecule has 0 aliphatic heterocycles. The Morgan fingerprint density at radius 1 is 1.10 bits per heavy atom. The monoisotopic (exact) mass is 287 g/mol. The summed E-state index contributed by atoms with van der Waals surface area (Å²) in [6.07, 6.45) is 4.11. The minimum absolute atomic E-state index is 0.437. The van der Waals surface area contributed by atoms with Crippen LogP contribution in [0.25, 0.3) is 0 Å². The number of nitrogens with one attached hydrogen (secondary N) is 1. The molecular weight excluding hydrogens is 254 g/mol. The molecule has 0 aromatic heterocycles. The third-order valence-corrected chi connectivity index (χ3v) is 5.38. The summed E-state index contributed by atoms with van der Waals surface area (Å²) in [5, 5.41) is 3.58. The zero-order chi connectivity index (χ0) is 15.5. The maximum Gasteiger partial charge on any atom is -0.00148 e. The molecule has 3 unspecified atom stereocenters. The van der Waals surface area contributed by atoms with Crippen molar-refractivity contribution < 1.29 is 0 Å². The number of rotatable bonds is 4. The fraction of sp³-hybridized carbons (Fsp3) is 0.700. The second-order valence-electron chi connectivity index (χ2n) is 7.96. The summed E-state index contributed by atoms with van der Waals surface area (Å²) in [7, 11) is 0. The number of hydrogen-bond donors (Lipinski definition) is 1. The Bertz CT molecular complexity index is 426. The zero-order valence-electron chi connectivity index (χ0n) is 14.6. The van der Waals surface area contributed by atoms with E-state index in [1.54, 1.807) is 5.56 Å². The maximum atomic E-state index is 3.58. The second kappa shape index (κ2) is 6.96. The standard InChI is InChI=1S/C20H33N/c1-6-21-14-17-11-12-18(20(3,4)5)13-19(17)16-9-7-15(2)8-10-16/h7-10,17-19,21H,6,11-14H2,1-5H3. The van der Waals surface area contributed by atoms with Crippen molar-refractivity contribution in [3.05, 3.63) is 35.4 Å². The molecule has 1 aromatic carbocycles. The van der Waals surface area contributed by atoms with Gasteiger partial charge in [0.2, 0.25) is 0 Å². The van der Waals surface area contributed by atoms with E-state index in [0.717, 1.165) is 24.3 Å². The average Bonchev–Trinajstić information content (AvgIpc) is 2.45. The van der Waals surface area contributed by atoms with Crippen molar-refractivity contribution in [2.24, 2.45) is 17.3 Å². The molecule has 118 valence electrons. The van der Waals surface area contributed by atoms with E-state index in [9.17, 15) is 0 Å². The molecule has 1 aromatic rings. The first kappa shape index (κ1) is 16.5. The van der Waals surface area contributed by atoms with Gasteiger partial charge in [-0.2, -0.15) is 0 Å². The predicted octanol–water partition coefficient (Wildman–Crippen LogP) is 5.15. The minimum atomic E-state index is 0.437. The van der Waals surface area contributed by atoms with Crippen LogP contribution in [0.4, 0.5) is 0 Å². The molecule has 0 saturated heterocycles. The first-order valence-corrected chi connectivity index (χ1v) is 8.69. The molecule has 2 rings (SSSR count). The van der Waals surface area contributed by atoms with Crippen LogP contribution < -0.4 is 5.32 Å². The highest BCUT2D eigenvalue weighted by Gasteiger charge is 2.36. The van der Waals surface area contributed by atoms with E-state index in [-0.39, 0.29) is 0 Å². The summed E-state index contributed by atoms with van der Waals surface area (Å²) in [6.45, 7) is 13.9. The molecular formula is C20H33N. The van der Waals surface area contributed by atoms with Crippen LogP contribution in [0.15, 0.2) is 24.3 Å². The SMILES string of the molecule is CCNCC1CCC(C(C)(C)C)CC1c1ccc(C)cc1. The quantitative estimate of drug-likeness (QED) is 0.807. The van der Waals surface area contributed by atoms with Gasteiger partial charge >= 0.3 is 0 Å². The lowest BCUT2D eigenvalue weighted by Crippen LogP contribution is -2.35. The van der Waals surface area contributed by atoms with E-state index in [0.29, 0.717) is 5.41 Å². The van der Waals surface area contributed by atoms with Gasteiger partial charge in [-0.05, 0) is 68.0 Å². The van der Waals surface area contributed by atoms with Crippen molar-refractivity contribution in [1.82, 2.24) is 5.32 Å². The van der Waals surface area contributed by atoms with Crippen LogP contribution >= 0.6 is 0 Å². The van der Waals surface area contributed by atoms with Crippen molar-refractivity contribution in [1.29, 1.82) is 0 Å². The smallest absolute Gasteiger partial charge is 0.00148 e. The first-order valence-electron chi connectivity index (χ1n) is 8.69. The van der Waals surface area contributed by atoms with Gasteiger partial charge in [0, 0.05) is 0 Å². The Morgan fingerprint density at radius 3 is 2.33 bits per heavy atom. The lowest BCUT2D eigenvalue weighted by Gasteiger charge is -2.42. The lowest BCUT2D eigenvalue weighted by atomic mass is 9.64. The molecule has 0 spiro atoms. The third kappa shape index (κ3) is 4.32. The van der Waals surface area contributed by atoms with E-state index in [1.165, 1.54) is 31.4 Å². The Kier molecular flexibility index (Phi) is 5.48. The molecule has 1 saturated carbocycles. The molecule has 1 nitrogen and oxygen atoms in total. The van der Waals surface area contributed by atoms with E-state index in [2.05, 4.69) is 64.2 Å². The zero-order valence-corrected chi connectivity index (χ0v) is 14.6. The van der Waals surface area contributed by atoms with Crippen molar-refractivity contribution in [2.45, 2.75) is 59.8 Å². The minimum Gasteiger partial charge on any atom is -0.317 e. The fourth-order valence-electron chi connectivity index (χ4n) is 3.82. The van der Waals surface area contributed by atoms with Crippen molar-refractivity contribution in [3.63, 3.8) is 0 Å². The van der Waals surface area contributed by atoms with Crippen LogP contribution in [0.2, 0.25) is 0 Å². The summed E-state index contributed by atoms with van der Waals surface area (Å²) in [5.74, 6) is 2.37. The molecule has 0 radical (unpaired) electrons. The summed E-state index contributed by atoms with van der Waals surface area (Å²) < 4.78 is 0. The number of aryl methyl sites for hydroxylation is 1. The normalized spacial score (nSPS) is 26.8. The first-order chi connectivity index (χ1) is 9.91. The van der Waals surface area contributed by atoms with Gasteiger partial charge in [0.25, 0.3) is 0 Å². The van der Waals surface area contributed by atoms with Crippen LogP contribution in [0.3, 0.4) is 0 Å². The van der Waals surface area contributed by atoms with Gasteiger partial charge in [0.15, 0.2) is 0 Å². The van der Waals surface area contributed by atoms with Crippen molar-refractivity contribution in [3.8, 4) is 0 Å².